The predicted molar refractivity (Wildman–Crippen MR) is 122 cm³/mol. The fraction of sp³-hybridized carbons (Fsp3) is 0.320. The average Bonchev–Trinajstić information content (AvgIpc) is 2.78. The second-order valence-corrected chi connectivity index (χ2v) is 7.40. The van der Waals surface area contributed by atoms with Crippen LogP contribution < -0.4 is 9.47 Å². The number of nitrogens with one attached hydrogen (secondary N) is 1. The highest BCUT2D eigenvalue weighted by Crippen LogP contribution is 2.39. The van der Waals surface area contributed by atoms with Gasteiger partial charge in [0.1, 0.15) is 0 Å². The number of hydrogen-bond acceptors (Lipinski definition) is 5. The number of ether oxygens (including phenoxy) is 3. The van der Waals surface area contributed by atoms with Crippen molar-refractivity contribution < 1.29 is 14.2 Å². The van der Waals surface area contributed by atoms with E-state index in [4.69, 9.17) is 19.6 Å². The van der Waals surface area contributed by atoms with E-state index in [-0.39, 0.29) is 11.9 Å². The summed E-state index contributed by atoms with van der Waals surface area (Å²) < 4.78 is 16.1. The van der Waals surface area contributed by atoms with Gasteiger partial charge >= 0.3 is 0 Å². The molecule has 1 atom stereocenters. The molecule has 0 bridgehead atoms. The molecule has 0 radical (unpaired) electrons. The third kappa shape index (κ3) is 4.41. The van der Waals surface area contributed by atoms with Crippen LogP contribution in [-0.2, 0) is 17.6 Å². The largest absolute Gasteiger partial charge is 0.493 e. The van der Waals surface area contributed by atoms with Crippen molar-refractivity contribution in [2.45, 2.75) is 18.9 Å². The Hall–Kier alpha value is -3.05. The SMILES string of the molecule is C=C/C=C(\C(=N)OC)c1ccc(CC2c3cc(OC)c(OC)cc3CCN2C)cc1. The first kappa shape index (κ1) is 21.7. The molecule has 0 aromatic heterocycles. The van der Waals surface area contributed by atoms with E-state index < -0.39 is 0 Å². The topological polar surface area (TPSA) is 54.8 Å². The molecule has 5 nitrogen and oxygen atoms in total. The van der Waals surface area contributed by atoms with Crippen LogP contribution in [0.5, 0.6) is 11.5 Å². The van der Waals surface area contributed by atoms with Gasteiger partial charge in [-0.3, -0.25) is 10.3 Å². The smallest absolute Gasteiger partial charge is 0.213 e. The minimum Gasteiger partial charge on any atom is -0.493 e. The molecule has 30 heavy (non-hydrogen) atoms. The van der Waals surface area contributed by atoms with Gasteiger partial charge in [-0.1, -0.05) is 36.9 Å². The van der Waals surface area contributed by atoms with E-state index in [0.717, 1.165) is 42.0 Å². The van der Waals surface area contributed by atoms with Crippen molar-refractivity contribution in [1.29, 1.82) is 5.41 Å². The van der Waals surface area contributed by atoms with Crippen molar-refractivity contribution >= 4 is 11.5 Å². The zero-order valence-corrected chi connectivity index (χ0v) is 18.2. The number of rotatable bonds is 7. The first-order valence-electron chi connectivity index (χ1n) is 10.0. The predicted octanol–water partition coefficient (Wildman–Crippen LogP) is 4.67. The third-order valence-electron chi connectivity index (χ3n) is 5.70. The van der Waals surface area contributed by atoms with Crippen molar-refractivity contribution in [2.75, 3.05) is 34.9 Å². The lowest BCUT2D eigenvalue weighted by Gasteiger charge is -2.35. The zero-order chi connectivity index (χ0) is 21.7. The number of likely N-dealkylation sites (N-methyl/N-ethyl adjacent to an activating group) is 1. The Morgan fingerprint density at radius 1 is 1.13 bits per heavy atom. The molecule has 158 valence electrons. The number of allylic oxidation sites excluding steroid dienone is 2. The van der Waals surface area contributed by atoms with Gasteiger partial charge in [0, 0.05) is 18.2 Å². The maximum Gasteiger partial charge on any atom is 0.213 e. The number of nitrogens with zero attached hydrogens (tertiary/aromatic N) is 1. The van der Waals surface area contributed by atoms with Crippen LogP contribution in [-0.4, -0.2) is 45.7 Å². The van der Waals surface area contributed by atoms with E-state index >= 15 is 0 Å². The second-order valence-electron chi connectivity index (χ2n) is 7.40. The summed E-state index contributed by atoms with van der Waals surface area (Å²) in [6.07, 6.45) is 5.36. The minimum atomic E-state index is 0.129. The molecule has 0 aliphatic carbocycles. The van der Waals surface area contributed by atoms with Crippen LogP contribution in [0.1, 0.15) is 28.3 Å². The summed E-state index contributed by atoms with van der Waals surface area (Å²) in [4.78, 5) is 2.39. The average molecular weight is 407 g/mol. The monoisotopic (exact) mass is 406 g/mol. The van der Waals surface area contributed by atoms with Crippen LogP contribution in [0, 0.1) is 5.41 Å². The van der Waals surface area contributed by atoms with E-state index in [1.807, 2.05) is 12.1 Å². The Morgan fingerprint density at radius 2 is 1.80 bits per heavy atom. The molecule has 5 heteroatoms. The summed E-state index contributed by atoms with van der Waals surface area (Å²) in [6, 6.07) is 12.8. The van der Waals surface area contributed by atoms with Crippen LogP contribution in [0.25, 0.3) is 5.57 Å². The minimum absolute atomic E-state index is 0.129. The molecular formula is C25H30N2O3. The number of fused-ring (bicyclic) bond motifs is 1. The Bertz CT molecular complexity index is 948. The normalized spacial score (nSPS) is 16.5. The summed E-state index contributed by atoms with van der Waals surface area (Å²) in [5.41, 5.74) is 5.50. The third-order valence-corrected chi connectivity index (χ3v) is 5.70. The number of benzene rings is 2. The van der Waals surface area contributed by atoms with Crippen molar-refractivity contribution in [3.05, 3.63) is 77.4 Å². The fourth-order valence-electron chi connectivity index (χ4n) is 3.99. The van der Waals surface area contributed by atoms with E-state index in [1.54, 1.807) is 26.4 Å². The molecule has 0 amide bonds. The molecular weight excluding hydrogens is 376 g/mol. The van der Waals surface area contributed by atoms with Crippen molar-refractivity contribution in [2.24, 2.45) is 0 Å². The molecule has 2 aromatic carbocycles. The Kier molecular flexibility index (Phi) is 6.95. The van der Waals surface area contributed by atoms with Gasteiger partial charge in [0.05, 0.1) is 21.3 Å². The molecule has 1 aliphatic rings. The highest BCUT2D eigenvalue weighted by molar-refractivity contribution is 6.18. The van der Waals surface area contributed by atoms with Crippen LogP contribution >= 0.6 is 0 Å². The first-order chi connectivity index (χ1) is 14.5. The fourth-order valence-corrected chi connectivity index (χ4v) is 3.99. The molecule has 0 spiro atoms. The van der Waals surface area contributed by atoms with Crippen molar-refractivity contribution in [3.63, 3.8) is 0 Å². The molecule has 0 fully saturated rings. The van der Waals surface area contributed by atoms with E-state index in [9.17, 15) is 0 Å². The molecule has 3 rings (SSSR count). The lowest BCUT2D eigenvalue weighted by Crippen LogP contribution is -2.33. The molecule has 1 heterocycles. The van der Waals surface area contributed by atoms with Gasteiger partial charge in [-0.05, 0) is 60.4 Å². The van der Waals surface area contributed by atoms with Gasteiger partial charge in [0.15, 0.2) is 11.5 Å². The van der Waals surface area contributed by atoms with Gasteiger partial charge in [-0.25, -0.2) is 0 Å². The van der Waals surface area contributed by atoms with Crippen molar-refractivity contribution in [3.8, 4) is 11.5 Å². The van der Waals surface area contributed by atoms with Gasteiger partial charge in [-0.15, -0.1) is 0 Å². The quantitative estimate of drug-likeness (QED) is 0.412. The Labute approximate surface area is 179 Å². The van der Waals surface area contributed by atoms with Crippen LogP contribution in [0.4, 0.5) is 0 Å². The molecule has 1 N–H and O–H groups in total. The summed E-state index contributed by atoms with van der Waals surface area (Å²) in [5.74, 6) is 1.68. The summed E-state index contributed by atoms with van der Waals surface area (Å²) >= 11 is 0. The number of hydrogen-bond donors (Lipinski definition) is 1. The lowest BCUT2D eigenvalue weighted by atomic mass is 9.88. The van der Waals surface area contributed by atoms with Crippen LogP contribution in [0.2, 0.25) is 0 Å². The molecule has 1 unspecified atom stereocenters. The second kappa shape index (κ2) is 9.63. The standard InChI is InChI=1S/C25H30N2O3/c1-6-7-20(25(26)30-5)18-10-8-17(9-11-18)14-22-21-16-24(29-4)23(28-3)15-19(21)12-13-27(22)2/h6-11,15-16,22,26H,1,12-14H2,2-5H3/b20-7-,26-25?. The Morgan fingerprint density at radius 3 is 2.40 bits per heavy atom. The molecule has 0 saturated heterocycles. The number of methoxy groups -OCH3 is 3. The van der Waals surface area contributed by atoms with Crippen LogP contribution in [0.15, 0.2) is 55.1 Å². The zero-order valence-electron chi connectivity index (χ0n) is 18.2. The maximum atomic E-state index is 8.01. The Balaban J connectivity index is 1.89. The summed E-state index contributed by atoms with van der Waals surface area (Å²) in [5, 5.41) is 8.01. The van der Waals surface area contributed by atoms with E-state index in [2.05, 4.69) is 42.8 Å². The molecule has 1 aliphatic heterocycles. The van der Waals surface area contributed by atoms with E-state index in [0.29, 0.717) is 0 Å². The van der Waals surface area contributed by atoms with E-state index in [1.165, 1.54) is 23.8 Å². The lowest BCUT2D eigenvalue weighted by molar-refractivity contribution is 0.228. The van der Waals surface area contributed by atoms with Gasteiger partial charge in [0.25, 0.3) is 0 Å². The summed E-state index contributed by atoms with van der Waals surface area (Å²) in [6.45, 7) is 4.74. The van der Waals surface area contributed by atoms with Gasteiger partial charge in [-0.2, -0.15) is 0 Å². The van der Waals surface area contributed by atoms with Crippen LogP contribution in [0.3, 0.4) is 0 Å². The maximum absolute atomic E-state index is 8.01. The van der Waals surface area contributed by atoms with Crippen molar-refractivity contribution in [1.82, 2.24) is 4.90 Å². The molecule has 0 saturated carbocycles. The van der Waals surface area contributed by atoms with Gasteiger partial charge in [0.2, 0.25) is 5.90 Å². The highest BCUT2D eigenvalue weighted by atomic mass is 16.5. The first-order valence-corrected chi connectivity index (χ1v) is 10.0. The highest BCUT2D eigenvalue weighted by Gasteiger charge is 2.27. The van der Waals surface area contributed by atoms with Gasteiger partial charge < -0.3 is 14.2 Å². The summed E-state index contributed by atoms with van der Waals surface area (Å²) in [7, 11) is 7.03. The molecule has 2 aromatic rings.